The third kappa shape index (κ3) is 3.75. The summed E-state index contributed by atoms with van der Waals surface area (Å²) in [5.41, 5.74) is 2.75. The maximum atomic E-state index is 13.2. The molecule has 0 saturated carbocycles. The summed E-state index contributed by atoms with van der Waals surface area (Å²) in [5.74, 6) is -1.66. The van der Waals surface area contributed by atoms with E-state index >= 15 is 0 Å². The Labute approximate surface area is 121 Å². The second-order valence-corrected chi connectivity index (χ2v) is 4.59. The van der Waals surface area contributed by atoms with Gasteiger partial charge in [0.1, 0.15) is 11.6 Å². The number of carbonyl (C=O) groups is 1. The number of methoxy groups -OCH3 is 1. The summed E-state index contributed by atoms with van der Waals surface area (Å²) < 4.78 is 31.0. The van der Waals surface area contributed by atoms with E-state index < -0.39 is 17.6 Å². The Morgan fingerprint density at radius 1 is 1.00 bits per heavy atom. The van der Waals surface area contributed by atoms with Crippen molar-refractivity contribution < 1.29 is 18.3 Å². The topological polar surface area (TPSA) is 26.3 Å². The Balaban J connectivity index is 2.30. The van der Waals surface area contributed by atoms with Gasteiger partial charge in [-0.3, -0.25) is 0 Å². The largest absolute Gasteiger partial charge is 0.466 e. The Morgan fingerprint density at radius 3 is 2.10 bits per heavy atom. The zero-order chi connectivity index (χ0) is 15.4. The molecular formula is C17H14F2O2. The molecule has 0 aliphatic rings. The number of halogens is 2. The van der Waals surface area contributed by atoms with Gasteiger partial charge in [0.25, 0.3) is 0 Å². The molecule has 108 valence electrons. The third-order valence-corrected chi connectivity index (χ3v) is 3.07. The Bertz CT molecular complexity index is 668. The number of hydrogen-bond acceptors (Lipinski definition) is 2. The molecule has 0 aromatic heterocycles. The summed E-state index contributed by atoms with van der Waals surface area (Å²) in [7, 11) is 1.31. The Kier molecular flexibility index (Phi) is 4.48. The van der Waals surface area contributed by atoms with Crippen LogP contribution in [0.25, 0.3) is 16.7 Å². The van der Waals surface area contributed by atoms with Gasteiger partial charge < -0.3 is 4.74 Å². The lowest BCUT2D eigenvalue weighted by molar-refractivity contribution is -0.134. The van der Waals surface area contributed by atoms with Crippen molar-refractivity contribution in [2.24, 2.45) is 0 Å². The van der Waals surface area contributed by atoms with Crippen molar-refractivity contribution >= 4 is 11.5 Å². The van der Waals surface area contributed by atoms with Gasteiger partial charge in [-0.25, -0.2) is 13.6 Å². The van der Waals surface area contributed by atoms with Crippen LogP contribution in [-0.4, -0.2) is 13.1 Å². The molecule has 0 aliphatic carbocycles. The van der Waals surface area contributed by atoms with Gasteiger partial charge in [-0.15, -0.1) is 0 Å². The van der Waals surface area contributed by atoms with Gasteiger partial charge in [0.2, 0.25) is 0 Å². The lowest BCUT2D eigenvalue weighted by Crippen LogP contribution is -1.95. The molecular weight excluding hydrogens is 274 g/mol. The van der Waals surface area contributed by atoms with Crippen LogP contribution in [0.15, 0.2) is 48.5 Å². The predicted molar refractivity (Wildman–Crippen MR) is 77.5 cm³/mol. The van der Waals surface area contributed by atoms with E-state index in [1.54, 1.807) is 31.2 Å². The average Bonchev–Trinajstić information content (AvgIpc) is 2.46. The van der Waals surface area contributed by atoms with E-state index in [-0.39, 0.29) is 0 Å². The molecule has 0 aliphatic heterocycles. The van der Waals surface area contributed by atoms with Gasteiger partial charge >= 0.3 is 5.97 Å². The minimum Gasteiger partial charge on any atom is -0.466 e. The smallest absolute Gasteiger partial charge is 0.330 e. The van der Waals surface area contributed by atoms with Crippen molar-refractivity contribution in [2.45, 2.75) is 6.92 Å². The second-order valence-electron chi connectivity index (χ2n) is 4.59. The average molecular weight is 288 g/mol. The first kappa shape index (κ1) is 14.9. The van der Waals surface area contributed by atoms with Crippen molar-refractivity contribution in [3.63, 3.8) is 0 Å². The van der Waals surface area contributed by atoms with Crippen LogP contribution in [0.1, 0.15) is 12.5 Å². The molecule has 21 heavy (non-hydrogen) atoms. The zero-order valence-electron chi connectivity index (χ0n) is 11.7. The first-order valence-corrected chi connectivity index (χ1v) is 6.33. The first-order valence-electron chi connectivity index (χ1n) is 6.33. The number of carbonyl (C=O) groups excluding carboxylic acids is 1. The van der Waals surface area contributed by atoms with Gasteiger partial charge in [-0.1, -0.05) is 24.3 Å². The molecule has 0 fully saturated rings. The molecule has 0 radical (unpaired) electrons. The van der Waals surface area contributed by atoms with Crippen molar-refractivity contribution in [1.82, 2.24) is 0 Å². The van der Waals surface area contributed by atoms with E-state index in [4.69, 9.17) is 0 Å². The number of esters is 1. The highest BCUT2D eigenvalue weighted by atomic mass is 19.1. The quantitative estimate of drug-likeness (QED) is 0.624. The van der Waals surface area contributed by atoms with Crippen LogP contribution in [-0.2, 0) is 9.53 Å². The Morgan fingerprint density at radius 2 is 1.57 bits per heavy atom. The first-order chi connectivity index (χ1) is 9.99. The highest BCUT2D eigenvalue weighted by Gasteiger charge is 2.05. The minimum atomic E-state index is -0.615. The van der Waals surface area contributed by atoms with E-state index in [9.17, 15) is 13.6 Å². The number of benzene rings is 2. The van der Waals surface area contributed by atoms with E-state index in [1.165, 1.54) is 25.3 Å². The van der Waals surface area contributed by atoms with E-state index in [2.05, 4.69) is 4.74 Å². The molecule has 0 N–H and O–H groups in total. The summed E-state index contributed by atoms with van der Waals surface area (Å²) in [5, 5.41) is 0. The minimum absolute atomic E-state index is 0.427. The Hall–Kier alpha value is -2.49. The molecule has 2 aromatic rings. The molecule has 0 bridgehead atoms. The highest BCUT2D eigenvalue weighted by molar-refractivity contribution is 5.90. The summed E-state index contributed by atoms with van der Waals surface area (Å²) in [4.78, 5) is 11.2. The van der Waals surface area contributed by atoms with Crippen LogP contribution in [0.5, 0.6) is 0 Å². The number of hydrogen-bond donors (Lipinski definition) is 0. The molecule has 0 atom stereocenters. The molecule has 0 amide bonds. The lowest BCUT2D eigenvalue weighted by Gasteiger charge is -2.05. The SMILES string of the molecule is COC(=O)/C=C(\C)c1ccc(-c2cc(F)cc(F)c2)cc1. The molecule has 2 aromatic carbocycles. The van der Waals surface area contributed by atoms with Crippen LogP contribution < -0.4 is 0 Å². The standard InChI is InChI=1S/C17H14F2O2/c1-11(7-17(20)21-2)12-3-5-13(6-4-12)14-8-15(18)10-16(19)9-14/h3-10H,1-2H3/b11-7+. The fourth-order valence-electron chi connectivity index (χ4n) is 1.97. The van der Waals surface area contributed by atoms with Gasteiger partial charge in [0, 0.05) is 12.1 Å². The fraction of sp³-hybridized carbons (Fsp3) is 0.118. The molecule has 0 heterocycles. The summed E-state index contributed by atoms with van der Waals surface area (Å²) in [6.45, 7) is 1.79. The van der Waals surface area contributed by atoms with Gasteiger partial charge in [-0.2, -0.15) is 0 Å². The van der Waals surface area contributed by atoms with Crippen LogP contribution in [0, 0.1) is 11.6 Å². The van der Waals surface area contributed by atoms with Crippen LogP contribution >= 0.6 is 0 Å². The number of rotatable bonds is 3. The number of allylic oxidation sites excluding steroid dienone is 1. The van der Waals surface area contributed by atoms with Gasteiger partial charge in [0.05, 0.1) is 7.11 Å². The molecule has 0 saturated heterocycles. The van der Waals surface area contributed by atoms with Crippen LogP contribution in [0.3, 0.4) is 0 Å². The van der Waals surface area contributed by atoms with Gasteiger partial charge in [0.15, 0.2) is 0 Å². The van der Waals surface area contributed by atoms with Crippen molar-refractivity contribution in [1.29, 1.82) is 0 Å². The number of ether oxygens (including phenoxy) is 1. The lowest BCUT2D eigenvalue weighted by atomic mass is 10.0. The highest BCUT2D eigenvalue weighted by Crippen LogP contribution is 2.24. The van der Waals surface area contributed by atoms with E-state index in [0.29, 0.717) is 11.1 Å². The third-order valence-electron chi connectivity index (χ3n) is 3.07. The van der Waals surface area contributed by atoms with Crippen molar-refractivity contribution in [3.05, 3.63) is 65.7 Å². The second kappa shape index (κ2) is 6.31. The molecule has 0 unspecified atom stereocenters. The zero-order valence-corrected chi connectivity index (χ0v) is 11.7. The maximum Gasteiger partial charge on any atom is 0.330 e. The summed E-state index contributed by atoms with van der Waals surface area (Å²) >= 11 is 0. The molecule has 4 heteroatoms. The van der Waals surface area contributed by atoms with E-state index in [1.807, 2.05) is 0 Å². The predicted octanol–water partition coefficient (Wildman–Crippen LogP) is 4.21. The summed E-state index contributed by atoms with van der Waals surface area (Å²) in [6.07, 6.45) is 1.39. The van der Waals surface area contributed by atoms with Crippen molar-refractivity contribution in [3.8, 4) is 11.1 Å². The van der Waals surface area contributed by atoms with Gasteiger partial charge in [-0.05, 0) is 41.3 Å². The van der Waals surface area contributed by atoms with Crippen molar-refractivity contribution in [2.75, 3.05) is 7.11 Å². The molecule has 2 rings (SSSR count). The van der Waals surface area contributed by atoms with Crippen LogP contribution in [0.4, 0.5) is 8.78 Å². The molecule has 0 spiro atoms. The normalized spacial score (nSPS) is 11.3. The van der Waals surface area contributed by atoms with E-state index in [0.717, 1.165) is 17.2 Å². The fourth-order valence-corrected chi connectivity index (χ4v) is 1.97. The molecule has 2 nitrogen and oxygen atoms in total. The maximum absolute atomic E-state index is 13.2. The summed E-state index contributed by atoms with van der Waals surface area (Å²) in [6, 6.07) is 10.4. The van der Waals surface area contributed by atoms with Crippen LogP contribution in [0.2, 0.25) is 0 Å². The monoisotopic (exact) mass is 288 g/mol.